The van der Waals surface area contributed by atoms with Crippen LogP contribution in [0.25, 0.3) is 10.2 Å². The molecule has 0 spiro atoms. The van der Waals surface area contributed by atoms with Crippen molar-refractivity contribution in [3.8, 4) is 0 Å². The Hall–Kier alpha value is -1.91. The zero-order valence-corrected chi connectivity index (χ0v) is 13.3. The van der Waals surface area contributed by atoms with Crippen molar-refractivity contribution < 1.29 is 0 Å². The molecule has 1 aromatic carbocycles. The molecule has 1 aliphatic rings. The average molecular weight is 309 g/mol. The van der Waals surface area contributed by atoms with Crippen LogP contribution in [-0.4, -0.2) is 36.1 Å². The molecule has 112 valence electrons. The van der Waals surface area contributed by atoms with Crippen LogP contribution in [0.1, 0.15) is 4.88 Å². The van der Waals surface area contributed by atoms with Gasteiger partial charge in [0.1, 0.15) is 4.83 Å². The fourth-order valence-corrected chi connectivity index (χ4v) is 4.07. The summed E-state index contributed by atoms with van der Waals surface area (Å²) in [6, 6.07) is 17.2. The fourth-order valence-electron chi connectivity index (χ4n) is 3.03. The fraction of sp³-hybridized carbons (Fsp3) is 0.278. The molecule has 0 bridgehead atoms. The number of benzene rings is 1. The molecule has 22 heavy (non-hydrogen) atoms. The van der Waals surface area contributed by atoms with Gasteiger partial charge in [0, 0.05) is 54.9 Å². The van der Waals surface area contributed by atoms with Crippen molar-refractivity contribution in [2.24, 2.45) is 0 Å². The van der Waals surface area contributed by atoms with Gasteiger partial charge in [-0.05, 0) is 24.3 Å². The number of fused-ring (bicyclic) bond motifs is 1. The van der Waals surface area contributed by atoms with Crippen LogP contribution in [0.3, 0.4) is 0 Å². The van der Waals surface area contributed by atoms with Crippen LogP contribution in [0.15, 0.2) is 54.7 Å². The Morgan fingerprint density at radius 3 is 2.55 bits per heavy atom. The van der Waals surface area contributed by atoms with Crippen LogP contribution in [-0.2, 0) is 6.54 Å². The first kappa shape index (κ1) is 13.7. The van der Waals surface area contributed by atoms with E-state index in [-0.39, 0.29) is 0 Å². The molecule has 0 atom stereocenters. The minimum atomic E-state index is 1.05. The Morgan fingerprint density at radius 2 is 1.77 bits per heavy atom. The molecule has 4 rings (SSSR count). The van der Waals surface area contributed by atoms with Gasteiger partial charge in [0.15, 0.2) is 0 Å². The van der Waals surface area contributed by atoms with Crippen LogP contribution >= 0.6 is 11.3 Å². The van der Waals surface area contributed by atoms with Gasteiger partial charge in [-0.2, -0.15) is 0 Å². The highest BCUT2D eigenvalue weighted by Gasteiger charge is 2.17. The van der Waals surface area contributed by atoms with Crippen molar-refractivity contribution in [3.05, 3.63) is 59.6 Å². The zero-order valence-electron chi connectivity index (χ0n) is 12.5. The lowest BCUT2D eigenvalue weighted by molar-refractivity contribution is 0.252. The van der Waals surface area contributed by atoms with Gasteiger partial charge in [0.25, 0.3) is 0 Å². The average Bonchev–Trinajstić information content (AvgIpc) is 2.98. The van der Waals surface area contributed by atoms with Gasteiger partial charge in [0.2, 0.25) is 0 Å². The topological polar surface area (TPSA) is 19.4 Å². The molecule has 0 unspecified atom stereocenters. The maximum atomic E-state index is 4.44. The summed E-state index contributed by atoms with van der Waals surface area (Å²) in [5, 5.41) is 1.27. The van der Waals surface area contributed by atoms with E-state index in [2.05, 4.69) is 57.2 Å². The summed E-state index contributed by atoms with van der Waals surface area (Å²) in [5.74, 6) is 0. The Labute approximate surface area is 134 Å². The molecule has 0 amide bonds. The minimum absolute atomic E-state index is 1.05. The van der Waals surface area contributed by atoms with Crippen LogP contribution in [0, 0.1) is 0 Å². The van der Waals surface area contributed by atoms with E-state index in [1.54, 1.807) is 0 Å². The smallest absolute Gasteiger partial charge is 0.123 e. The summed E-state index contributed by atoms with van der Waals surface area (Å²) in [7, 11) is 0. The summed E-state index contributed by atoms with van der Waals surface area (Å²) < 4.78 is 0. The van der Waals surface area contributed by atoms with Gasteiger partial charge >= 0.3 is 0 Å². The molecular formula is C18H19N3S. The van der Waals surface area contributed by atoms with Crippen LogP contribution < -0.4 is 4.90 Å². The summed E-state index contributed by atoms with van der Waals surface area (Å²) in [4.78, 5) is 12.0. The zero-order chi connectivity index (χ0) is 14.8. The maximum Gasteiger partial charge on any atom is 0.123 e. The number of anilines is 1. The lowest BCUT2D eigenvalue weighted by Gasteiger charge is -2.35. The molecule has 3 heterocycles. The van der Waals surface area contributed by atoms with Gasteiger partial charge in [-0.25, -0.2) is 4.98 Å². The molecule has 0 radical (unpaired) electrons. The third kappa shape index (κ3) is 2.85. The van der Waals surface area contributed by atoms with Crippen LogP contribution in [0.4, 0.5) is 5.69 Å². The van der Waals surface area contributed by atoms with Gasteiger partial charge < -0.3 is 4.90 Å². The van der Waals surface area contributed by atoms with Crippen molar-refractivity contribution in [1.82, 2.24) is 9.88 Å². The third-order valence-corrected chi connectivity index (χ3v) is 5.26. The highest BCUT2D eigenvalue weighted by molar-refractivity contribution is 7.18. The summed E-state index contributed by atoms with van der Waals surface area (Å²) in [5.41, 5.74) is 1.34. The Balaban J connectivity index is 1.39. The second kappa shape index (κ2) is 6.07. The van der Waals surface area contributed by atoms with Crippen molar-refractivity contribution in [1.29, 1.82) is 0 Å². The van der Waals surface area contributed by atoms with Crippen molar-refractivity contribution in [3.63, 3.8) is 0 Å². The Bertz CT molecular complexity index is 712. The minimum Gasteiger partial charge on any atom is -0.369 e. The molecule has 3 nitrogen and oxygen atoms in total. The number of hydrogen-bond donors (Lipinski definition) is 0. The van der Waals surface area contributed by atoms with Crippen molar-refractivity contribution in [2.75, 3.05) is 31.1 Å². The molecule has 1 fully saturated rings. The molecule has 3 aromatic rings. The number of para-hydroxylation sites is 1. The van der Waals surface area contributed by atoms with Gasteiger partial charge in [-0.1, -0.05) is 24.3 Å². The first-order chi connectivity index (χ1) is 10.9. The molecule has 0 N–H and O–H groups in total. The van der Waals surface area contributed by atoms with E-state index in [4.69, 9.17) is 0 Å². The molecule has 1 aliphatic heterocycles. The van der Waals surface area contributed by atoms with E-state index in [1.165, 1.54) is 16.0 Å². The molecule has 1 saturated heterocycles. The van der Waals surface area contributed by atoms with Gasteiger partial charge in [0.05, 0.1) is 0 Å². The first-order valence-electron chi connectivity index (χ1n) is 7.74. The predicted molar refractivity (Wildman–Crippen MR) is 93.6 cm³/mol. The van der Waals surface area contributed by atoms with Crippen LogP contribution in [0.5, 0.6) is 0 Å². The van der Waals surface area contributed by atoms with E-state index in [0.717, 1.165) is 37.6 Å². The maximum absolute atomic E-state index is 4.44. The third-order valence-electron chi connectivity index (χ3n) is 4.22. The predicted octanol–water partition coefficient (Wildman–Crippen LogP) is 3.62. The van der Waals surface area contributed by atoms with Crippen LogP contribution in [0.2, 0.25) is 0 Å². The van der Waals surface area contributed by atoms with Crippen molar-refractivity contribution >= 4 is 27.2 Å². The first-order valence-corrected chi connectivity index (χ1v) is 8.56. The number of thiophene rings is 1. The molecule has 0 saturated carbocycles. The number of hydrogen-bond acceptors (Lipinski definition) is 4. The number of rotatable bonds is 3. The largest absolute Gasteiger partial charge is 0.369 e. The molecular weight excluding hydrogens is 290 g/mol. The number of piperazine rings is 1. The standard InChI is InChI=1S/C18H19N3S/c1-2-6-16(7-3-1)21-11-9-20(10-12-21)14-17-13-15-5-4-8-19-18(15)22-17/h1-8,13H,9-12,14H2. The monoisotopic (exact) mass is 309 g/mol. The second-order valence-corrected chi connectivity index (χ2v) is 6.82. The van der Waals surface area contributed by atoms with Gasteiger partial charge in [-0.15, -0.1) is 11.3 Å². The molecule has 0 aliphatic carbocycles. The summed E-state index contributed by atoms with van der Waals surface area (Å²) >= 11 is 1.82. The normalized spacial score (nSPS) is 16.3. The summed E-state index contributed by atoms with van der Waals surface area (Å²) in [6.45, 7) is 5.50. The molecule has 2 aromatic heterocycles. The lowest BCUT2D eigenvalue weighted by atomic mass is 10.2. The Kier molecular flexibility index (Phi) is 3.79. The highest BCUT2D eigenvalue weighted by Crippen LogP contribution is 2.25. The van der Waals surface area contributed by atoms with E-state index in [9.17, 15) is 0 Å². The summed E-state index contributed by atoms with van der Waals surface area (Å²) in [6.07, 6.45) is 1.88. The quantitative estimate of drug-likeness (QED) is 0.736. The SMILES string of the molecule is c1ccc(N2CCN(Cc3cc4cccnc4s3)CC2)cc1. The van der Waals surface area contributed by atoms with E-state index >= 15 is 0 Å². The number of aromatic nitrogens is 1. The lowest BCUT2D eigenvalue weighted by Crippen LogP contribution is -2.45. The second-order valence-electron chi connectivity index (χ2n) is 5.71. The highest BCUT2D eigenvalue weighted by atomic mass is 32.1. The van der Waals surface area contributed by atoms with E-state index in [1.807, 2.05) is 23.6 Å². The van der Waals surface area contributed by atoms with E-state index in [0.29, 0.717) is 0 Å². The van der Waals surface area contributed by atoms with Crippen molar-refractivity contribution in [2.45, 2.75) is 6.54 Å². The number of pyridine rings is 1. The molecule has 4 heteroatoms. The van der Waals surface area contributed by atoms with E-state index < -0.39 is 0 Å². The Morgan fingerprint density at radius 1 is 0.955 bits per heavy atom. The van der Waals surface area contributed by atoms with Gasteiger partial charge in [-0.3, -0.25) is 4.90 Å². The number of nitrogens with zero attached hydrogens (tertiary/aromatic N) is 3.